The Morgan fingerprint density at radius 2 is 2.00 bits per heavy atom. The molecule has 7 heteroatoms. The van der Waals surface area contributed by atoms with Crippen LogP contribution in [0.1, 0.15) is 16.0 Å². The molecule has 0 fully saturated rings. The SMILES string of the molecule is C1=[NH+]c2sc3c(c2C2=NCC[NH+]12)CCN(c1ccccc1)C3.[Cl-].[Cl-]. The number of quaternary nitrogens is 1. The number of para-hydroxylation sites is 1. The Hall–Kier alpha value is -1.40. The van der Waals surface area contributed by atoms with Gasteiger partial charge in [-0.3, -0.25) is 0 Å². The van der Waals surface area contributed by atoms with Crippen molar-refractivity contribution in [1.29, 1.82) is 0 Å². The summed E-state index contributed by atoms with van der Waals surface area (Å²) in [5.41, 5.74) is 4.26. The van der Waals surface area contributed by atoms with Crippen molar-refractivity contribution in [1.82, 2.24) is 0 Å². The quantitative estimate of drug-likeness (QED) is 0.507. The number of amidine groups is 1. The zero-order valence-corrected chi connectivity index (χ0v) is 15.4. The van der Waals surface area contributed by atoms with E-state index < -0.39 is 0 Å². The fraction of sp³-hybridized carbons (Fsp3) is 0.294. The van der Waals surface area contributed by atoms with E-state index in [0.29, 0.717) is 0 Å². The van der Waals surface area contributed by atoms with Crippen molar-refractivity contribution in [2.75, 3.05) is 24.5 Å². The van der Waals surface area contributed by atoms with Crippen LogP contribution in [0.15, 0.2) is 35.3 Å². The number of rotatable bonds is 1. The van der Waals surface area contributed by atoms with E-state index in [-0.39, 0.29) is 24.8 Å². The molecule has 1 unspecified atom stereocenters. The van der Waals surface area contributed by atoms with Gasteiger partial charge in [0.05, 0.1) is 13.1 Å². The van der Waals surface area contributed by atoms with Crippen molar-refractivity contribution in [2.45, 2.75) is 13.0 Å². The highest BCUT2D eigenvalue weighted by Crippen LogP contribution is 2.36. The lowest BCUT2D eigenvalue weighted by atomic mass is 10.0. The first kappa shape index (κ1) is 17.4. The molecular weight excluding hydrogens is 363 g/mol. The second-order valence-electron chi connectivity index (χ2n) is 6.01. The van der Waals surface area contributed by atoms with Gasteiger partial charge in [0.25, 0.3) is 5.00 Å². The summed E-state index contributed by atoms with van der Waals surface area (Å²) in [7, 11) is 0. The first-order valence-electron chi connectivity index (χ1n) is 7.85. The summed E-state index contributed by atoms with van der Waals surface area (Å²) in [6.45, 7) is 4.14. The van der Waals surface area contributed by atoms with Crippen molar-refractivity contribution < 1.29 is 34.7 Å². The third-order valence-electron chi connectivity index (χ3n) is 4.75. The van der Waals surface area contributed by atoms with Crippen molar-refractivity contribution in [3.05, 3.63) is 46.3 Å². The Morgan fingerprint density at radius 1 is 1.17 bits per heavy atom. The van der Waals surface area contributed by atoms with Crippen LogP contribution in [0.25, 0.3) is 0 Å². The molecular formula is C17H18Cl2N4S. The van der Waals surface area contributed by atoms with E-state index in [9.17, 15) is 0 Å². The summed E-state index contributed by atoms with van der Waals surface area (Å²) in [5.74, 6) is 1.26. The Bertz CT molecular complexity index is 800. The van der Waals surface area contributed by atoms with E-state index in [1.165, 1.54) is 37.4 Å². The molecule has 24 heavy (non-hydrogen) atoms. The highest BCUT2D eigenvalue weighted by atomic mass is 35.5. The topological polar surface area (TPSA) is 34.0 Å². The summed E-state index contributed by atoms with van der Waals surface area (Å²) >= 11 is 1.91. The average Bonchev–Trinajstić information content (AvgIpc) is 3.18. The lowest BCUT2D eigenvalue weighted by Gasteiger charge is -2.29. The molecule has 126 valence electrons. The third kappa shape index (κ3) is 2.65. The smallest absolute Gasteiger partial charge is 0.336 e. The monoisotopic (exact) mass is 380 g/mol. The summed E-state index contributed by atoms with van der Waals surface area (Å²) in [6, 6.07) is 10.7. The Labute approximate surface area is 157 Å². The lowest BCUT2D eigenvalue weighted by Crippen LogP contribution is -3.18. The summed E-state index contributed by atoms with van der Waals surface area (Å²) in [6.07, 6.45) is 3.27. The number of anilines is 1. The van der Waals surface area contributed by atoms with Crippen LogP contribution >= 0.6 is 11.3 Å². The van der Waals surface area contributed by atoms with Crippen LogP contribution in [-0.4, -0.2) is 31.8 Å². The highest BCUT2D eigenvalue weighted by molar-refractivity contribution is 7.15. The number of halogens is 2. The van der Waals surface area contributed by atoms with E-state index in [4.69, 9.17) is 4.99 Å². The largest absolute Gasteiger partial charge is 1.00 e. The van der Waals surface area contributed by atoms with E-state index in [1.807, 2.05) is 11.3 Å². The van der Waals surface area contributed by atoms with E-state index in [1.54, 1.807) is 0 Å². The predicted molar refractivity (Wildman–Crippen MR) is 89.4 cm³/mol. The summed E-state index contributed by atoms with van der Waals surface area (Å²) in [4.78, 5) is 13.6. The first-order valence-corrected chi connectivity index (χ1v) is 8.67. The van der Waals surface area contributed by atoms with E-state index in [2.05, 4.69) is 46.6 Å². The molecule has 1 aromatic heterocycles. The summed E-state index contributed by atoms with van der Waals surface area (Å²) in [5, 5.41) is 1.30. The molecule has 3 aliphatic heterocycles. The fourth-order valence-electron chi connectivity index (χ4n) is 3.66. The molecule has 2 aromatic rings. The van der Waals surface area contributed by atoms with E-state index in [0.717, 1.165) is 32.6 Å². The standard InChI is InChI=1S/C17H16N4S.2ClH/c1-2-4-12(5-3-1)20-8-6-13-14(10-20)22-17-15(13)16-18-7-9-21(16)11-19-17;;/h1-5,11H,6-10H2;2*1H. The molecule has 4 heterocycles. The number of hydrogen-bond donors (Lipinski definition) is 2. The van der Waals surface area contributed by atoms with Crippen molar-refractivity contribution in [3.8, 4) is 0 Å². The van der Waals surface area contributed by atoms with Crippen LogP contribution in [-0.2, 0) is 13.0 Å². The van der Waals surface area contributed by atoms with Gasteiger partial charge in [-0.1, -0.05) is 29.5 Å². The van der Waals surface area contributed by atoms with Crippen LogP contribution < -0.4 is 39.6 Å². The molecule has 1 atom stereocenters. The van der Waals surface area contributed by atoms with Gasteiger partial charge in [0.2, 0.25) is 5.84 Å². The molecule has 0 bridgehead atoms. The Morgan fingerprint density at radius 3 is 2.83 bits per heavy atom. The number of aliphatic imine (C=N–C) groups is 1. The van der Waals surface area contributed by atoms with Crippen LogP contribution in [0, 0.1) is 0 Å². The number of nitrogens with one attached hydrogen (secondary N) is 2. The van der Waals surface area contributed by atoms with Crippen molar-refractivity contribution >= 4 is 34.2 Å². The Kier molecular flexibility index (Phi) is 4.97. The van der Waals surface area contributed by atoms with E-state index >= 15 is 0 Å². The number of benzene rings is 1. The zero-order chi connectivity index (χ0) is 14.5. The highest BCUT2D eigenvalue weighted by Gasteiger charge is 2.39. The predicted octanol–water partition coefficient (Wildman–Crippen LogP) is -6.28. The molecule has 0 aliphatic carbocycles. The van der Waals surface area contributed by atoms with Crippen LogP contribution in [0.2, 0.25) is 0 Å². The minimum absolute atomic E-state index is 0. The maximum atomic E-state index is 4.76. The molecule has 0 saturated carbocycles. The van der Waals surface area contributed by atoms with Gasteiger partial charge < -0.3 is 29.7 Å². The zero-order valence-electron chi connectivity index (χ0n) is 13.1. The Balaban J connectivity index is 0.000000845. The van der Waals surface area contributed by atoms with Crippen molar-refractivity contribution in [3.63, 3.8) is 0 Å². The molecule has 4 nitrogen and oxygen atoms in total. The number of thiophene rings is 1. The second kappa shape index (κ2) is 6.84. The second-order valence-corrected chi connectivity index (χ2v) is 7.11. The number of hydrogen-bond acceptors (Lipinski definition) is 3. The van der Waals surface area contributed by atoms with Gasteiger partial charge in [0.15, 0.2) is 0 Å². The third-order valence-corrected chi connectivity index (χ3v) is 5.90. The van der Waals surface area contributed by atoms with Crippen LogP contribution in [0.5, 0.6) is 0 Å². The average molecular weight is 381 g/mol. The minimum atomic E-state index is 0. The molecule has 2 N–H and O–H groups in total. The maximum Gasteiger partial charge on any atom is 0.336 e. The molecule has 0 radical (unpaired) electrons. The van der Waals surface area contributed by atoms with Gasteiger partial charge in [-0.2, -0.15) is 4.99 Å². The number of fused-ring (bicyclic) bond motifs is 5. The lowest BCUT2D eigenvalue weighted by molar-refractivity contribution is -0.715. The minimum Gasteiger partial charge on any atom is -1.00 e. The van der Waals surface area contributed by atoms with Gasteiger partial charge in [0, 0.05) is 17.1 Å². The van der Waals surface area contributed by atoms with Crippen LogP contribution in [0.3, 0.4) is 0 Å². The molecule has 0 spiro atoms. The van der Waals surface area contributed by atoms with Gasteiger partial charge in [0.1, 0.15) is 12.1 Å². The van der Waals surface area contributed by atoms with Crippen molar-refractivity contribution in [2.24, 2.45) is 4.99 Å². The van der Waals surface area contributed by atoms with Gasteiger partial charge >= 0.3 is 6.34 Å². The first-order chi connectivity index (χ1) is 10.9. The van der Waals surface area contributed by atoms with Gasteiger partial charge in [-0.05, 0) is 24.1 Å². The molecule has 5 rings (SSSR count). The van der Waals surface area contributed by atoms with Gasteiger partial charge in [-0.25, -0.2) is 9.89 Å². The fourth-order valence-corrected chi connectivity index (χ4v) is 4.89. The number of nitrogens with zero attached hydrogens (tertiary/aromatic N) is 2. The summed E-state index contributed by atoms with van der Waals surface area (Å²) < 4.78 is 0. The van der Waals surface area contributed by atoms with Crippen LogP contribution in [0.4, 0.5) is 10.7 Å². The molecule has 1 aromatic carbocycles. The van der Waals surface area contributed by atoms with Gasteiger partial charge in [-0.15, -0.1) is 0 Å². The molecule has 3 aliphatic rings. The molecule has 0 amide bonds. The molecule has 0 saturated heterocycles. The maximum absolute atomic E-state index is 4.76. The normalized spacial score (nSPS) is 20.2.